The Hall–Kier alpha value is -1.51. The van der Waals surface area contributed by atoms with Gasteiger partial charge in [-0.05, 0) is 73.7 Å². The largest absolute Gasteiger partial charge is 0.299 e. The first kappa shape index (κ1) is 23.6. The lowest BCUT2D eigenvalue weighted by atomic mass is 9.41. The average molecular weight is 439 g/mol. The Bertz CT molecular complexity index is 907. The second-order valence-electron chi connectivity index (χ2n) is 12.4. The zero-order chi connectivity index (χ0) is 23.6. The van der Waals surface area contributed by atoms with E-state index in [9.17, 15) is 14.4 Å². The van der Waals surface area contributed by atoms with Crippen molar-refractivity contribution in [2.75, 3.05) is 0 Å². The van der Waals surface area contributed by atoms with E-state index in [4.69, 9.17) is 0 Å². The highest BCUT2D eigenvalue weighted by molar-refractivity contribution is 6.08. The summed E-state index contributed by atoms with van der Waals surface area (Å²) in [6, 6.07) is 0. The van der Waals surface area contributed by atoms with Crippen LogP contribution < -0.4 is 0 Å². The van der Waals surface area contributed by atoms with Crippen LogP contribution in [0.5, 0.6) is 0 Å². The van der Waals surface area contributed by atoms with Crippen LogP contribution in [0.15, 0.2) is 23.3 Å². The van der Waals surface area contributed by atoms with Crippen molar-refractivity contribution in [1.29, 1.82) is 0 Å². The van der Waals surface area contributed by atoms with Crippen LogP contribution in [-0.4, -0.2) is 17.3 Å². The van der Waals surface area contributed by atoms with Crippen LogP contribution in [0.25, 0.3) is 0 Å². The van der Waals surface area contributed by atoms with Crippen molar-refractivity contribution < 1.29 is 14.4 Å². The molecule has 0 amide bonds. The molecular weight excluding hydrogens is 396 g/mol. The molecule has 4 rings (SSSR count). The van der Waals surface area contributed by atoms with Crippen molar-refractivity contribution in [1.82, 2.24) is 0 Å². The first-order valence-corrected chi connectivity index (χ1v) is 12.9. The maximum absolute atomic E-state index is 13.8. The van der Waals surface area contributed by atoms with Gasteiger partial charge in [0, 0.05) is 35.7 Å². The summed E-state index contributed by atoms with van der Waals surface area (Å²) < 4.78 is 0. The van der Waals surface area contributed by atoms with Gasteiger partial charge in [-0.25, -0.2) is 0 Å². The van der Waals surface area contributed by atoms with Crippen LogP contribution >= 0.6 is 0 Å². The highest BCUT2D eigenvalue weighted by Gasteiger charge is 2.72. The standard InChI is InChI=1S/C29H42O3/c1-17(2)20(5)18(3)14-19(4)22-8-9-26(32)29-16-24(31)23-15-21(30)10-12-27(23,6)25(29)11-13-28(22,29)7/h14-15,17,19-20,22,25H,8-13,16H2,1-7H3/t19-,20-,22-,25-,27+,28-,29+/m1/s1. The van der Waals surface area contributed by atoms with E-state index >= 15 is 0 Å². The monoisotopic (exact) mass is 438 g/mol. The Kier molecular flexibility index (Phi) is 5.74. The van der Waals surface area contributed by atoms with Crippen molar-refractivity contribution in [3.63, 3.8) is 0 Å². The fraction of sp³-hybridized carbons (Fsp3) is 0.759. The zero-order valence-corrected chi connectivity index (χ0v) is 21.2. The van der Waals surface area contributed by atoms with Crippen molar-refractivity contribution in [2.24, 2.45) is 45.8 Å². The van der Waals surface area contributed by atoms with Gasteiger partial charge in [0.2, 0.25) is 0 Å². The van der Waals surface area contributed by atoms with Gasteiger partial charge in [0.05, 0.1) is 0 Å². The summed E-state index contributed by atoms with van der Waals surface area (Å²) in [6.45, 7) is 16.0. The van der Waals surface area contributed by atoms with Gasteiger partial charge in [0.15, 0.2) is 11.6 Å². The van der Waals surface area contributed by atoms with Gasteiger partial charge in [0.25, 0.3) is 0 Å². The van der Waals surface area contributed by atoms with Crippen LogP contribution in [0.3, 0.4) is 0 Å². The van der Waals surface area contributed by atoms with E-state index < -0.39 is 5.41 Å². The highest BCUT2D eigenvalue weighted by atomic mass is 16.1. The van der Waals surface area contributed by atoms with E-state index in [1.54, 1.807) is 6.08 Å². The number of rotatable bonds is 4. The first-order valence-electron chi connectivity index (χ1n) is 12.9. The molecule has 1 spiro atoms. The third kappa shape index (κ3) is 3.09. The SMILES string of the molecule is CC(=C[C@@H](C)[C@H]1CCC(=O)[C@]23CC(=O)C4=CC(=O)CC[C@]4(C)[C@H]2CC[C@]13C)[C@H](C)C(C)C. The number of Topliss-reactive ketones (excluding diaryl/α,β-unsaturated/α-hetero) is 2. The topological polar surface area (TPSA) is 51.2 Å². The number of carbonyl (C=O) groups is 3. The smallest absolute Gasteiger partial charge is 0.160 e. The fourth-order valence-electron chi connectivity index (χ4n) is 8.53. The highest BCUT2D eigenvalue weighted by Crippen LogP contribution is 2.74. The number of hydrogen-bond acceptors (Lipinski definition) is 3. The normalized spacial score (nSPS) is 41.7. The van der Waals surface area contributed by atoms with Gasteiger partial charge < -0.3 is 0 Å². The van der Waals surface area contributed by atoms with Crippen molar-refractivity contribution in [3.05, 3.63) is 23.3 Å². The second kappa shape index (κ2) is 7.77. The lowest BCUT2D eigenvalue weighted by molar-refractivity contribution is -0.164. The number of hydrogen-bond donors (Lipinski definition) is 0. The number of fused-ring (bicyclic) bond motifs is 2. The molecule has 3 nitrogen and oxygen atoms in total. The summed E-state index contributed by atoms with van der Waals surface area (Å²) in [5.74, 6) is 2.59. The molecule has 0 aromatic heterocycles. The van der Waals surface area contributed by atoms with Crippen molar-refractivity contribution >= 4 is 17.3 Å². The molecule has 0 radical (unpaired) electrons. The molecule has 0 saturated heterocycles. The van der Waals surface area contributed by atoms with E-state index in [0.29, 0.717) is 55.1 Å². The Morgan fingerprint density at radius 3 is 2.38 bits per heavy atom. The predicted octanol–water partition coefficient (Wildman–Crippen LogP) is 6.51. The molecule has 0 N–H and O–H groups in total. The summed E-state index contributed by atoms with van der Waals surface area (Å²) in [7, 11) is 0. The minimum atomic E-state index is -0.556. The Morgan fingerprint density at radius 1 is 1.03 bits per heavy atom. The summed E-state index contributed by atoms with van der Waals surface area (Å²) in [5, 5.41) is 0. The predicted molar refractivity (Wildman–Crippen MR) is 128 cm³/mol. The molecule has 7 atom stereocenters. The maximum atomic E-state index is 13.8. The van der Waals surface area contributed by atoms with E-state index in [1.165, 1.54) is 5.57 Å². The molecule has 32 heavy (non-hydrogen) atoms. The molecule has 3 saturated carbocycles. The zero-order valence-electron chi connectivity index (χ0n) is 21.2. The molecule has 4 aliphatic carbocycles. The summed E-state index contributed by atoms with van der Waals surface area (Å²) in [6.07, 6.45) is 9.14. The van der Waals surface area contributed by atoms with E-state index in [0.717, 1.165) is 24.8 Å². The van der Waals surface area contributed by atoms with Crippen LogP contribution in [0.2, 0.25) is 0 Å². The van der Waals surface area contributed by atoms with E-state index in [2.05, 4.69) is 54.5 Å². The lowest BCUT2D eigenvalue weighted by Gasteiger charge is -2.60. The van der Waals surface area contributed by atoms with Gasteiger partial charge in [-0.2, -0.15) is 0 Å². The Morgan fingerprint density at radius 2 is 1.72 bits per heavy atom. The molecule has 4 aliphatic rings. The third-order valence-corrected chi connectivity index (χ3v) is 10.8. The van der Waals surface area contributed by atoms with Gasteiger partial charge >= 0.3 is 0 Å². The van der Waals surface area contributed by atoms with Crippen LogP contribution in [-0.2, 0) is 14.4 Å². The molecule has 0 aliphatic heterocycles. The van der Waals surface area contributed by atoms with Crippen LogP contribution in [0.1, 0.15) is 93.4 Å². The fourth-order valence-corrected chi connectivity index (χ4v) is 8.53. The molecule has 3 heteroatoms. The molecule has 0 aromatic rings. The number of carbonyl (C=O) groups excluding carboxylic acids is 3. The summed E-state index contributed by atoms with van der Waals surface area (Å²) in [4.78, 5) is 39.4. The molecule has 0 aromatic carbocycles. The van der Waals surface area contributed by atoms with E-state index in [1.807, 2.05) is 0 Å². The number of ketones is 3. The van der Waals surface area contributed by atoms with Crippen LogP contribution in [0, 0.1) is 45.8 Å². The third-order valence-electron chi connectivity index (χ3n) is 10.8. The summed E-state index contributed by atoms with van der Waals surface area (Å²) in [5.41, 5.74) is 1.12. The molecular formula is C29H42O3. The molecule has 0 heterocycles. The minimum absolute atomic E-state index is 0.0618. The molecule has 0 bridgehead atoms. The van der Waals surface area contributed by atoms with Crippen molar-refractivity contribution in [2.45, 2.75) is 93.4 Å². The van der Waals surface area contributed by atoms with Gasteiger partial charge in [0.1, 0.15) is 5.78 Å². The first-order chi connectivity index (χ1) is 14.9. The molecule has 0 unspecified atom stereocenters. The number of allylic oxidation sites excluding steroid dienone is 4. The average Bonchev–Trinajstić information content (AvgIpc) is 3.04. The Balaban J connectivity index is 1.76. The summed E-state index contributed by atoms with van der Waals surface area (Å²) >= 11 is 0. The second-order valence-corrected chi connectivity index (χ2v) is 12.4. The Labute approximate surface area is 194 Å². The van der Waals surface area contributed by atoms with Crippen molar-refractivity contribution in [3.8, 4) is 0 Å². The van der Waals surface area contributed by atoms with Gasteiger partial charge in [-0.1, -0.05) is 53.2 Å². The minimum Gasteiger partial charge on any atom is -0.299 e. The quantitative estimate of drug-likeness (QED) is 0.470. The van der Waals surface area contributed by atoms with E-state index in [-0.39, 0.29) is 28.3 Å². The van der Waals surface area contributed by atoms with Crippen LogP contribution in [0.4, 0.5) is 0 Å². The lowest BCUT2D eigenvalue weighted by Crippen LogP contribution is -2.61. The maximum Gasteiger partial charge on any atom is 0.160 e. The molecule has 176 valence electrons. The molecule has 3 fully saturated rings. The van der Waals surface area contributed by atoms with Gasteiger partial charge in [-0.3, -0.25) is 14.4 Å². The van der Waals surface area contributed by atoms with Gasteiger partial charge in [-0.15, -0.1) is 0 Å².